The van der Waals surface area contributed by atoms with Gasteiger partial charge in [0, 0.05) is 0 Å². The molecule has 0 aliphatic heterocycles. The van der Waals surface area contributed by atoms with E-state index in [1.807, 2.05) is 0 Å². The number of halogens is 3. The van der Waals surface area contributed by atoms with Gasteiger partial charge >= 0.3 is 25.0 Å². The number of carboxylic acid groups (broad SMARTS) is 1. The van der Waals surface area contributed by atoms with Gasteiger partial charge in [-0.1, -0.05) is 0 Å². The first-order valence-corrected chi connectivity index (χ1v) is 3.76. The van der Waals surface area contributed by atoms with Gasteiger partial charge < -0.3 is 15.0 Å². The van der Waals surface area contributed by atoms with E-state index in [1.54, 1.807) is 0 Å². The van der Waals surface area contributed by atoms with E-state index in [0.717, 1.165) is 0 Å². The summed E-state index contributed by atoms with van der Waals surface area (Å²) >= 11 is 0. The van der Waals surface area contributed by atoms with Crippen LogP contribution in [-0.4, -0.2) is 23.4 Å². The maximum atomic E-state index is 12.3. The van der Waals surface area contributed by atoms with Gasteiger partial charge in [0.25, 0.3) is 0 Å². The minimum atomic E-state index is -4.84. The van der Waals surface area contributed by atoms with Crippen LogP contribution in [-0.2, 0) is 4.79 Å². The van der Waals surface area contributed by atoms with E-state index in [1.165, 1.54) is 0 Å². The molecular formula is C7H8F3LiO3. The Balaban J connectivity index is 0.00000169. The van der Waals surface area contributed by atoms with Crippen LogP contribution in [0.2, 0.25) is 0 Å². The Hall–Kier alpha value is -0.183. The van der Waals surface area contributed by atoms with Gasteiger partial charge in [-0.2, -0.15) is 13.2 Å². The molecule has 76 valence electrons. The molecule has 0 bridgehead atoms. The Morgan fingerprint density at radius 1 is 1.50 bits per heavy atom. The molecule has 0 aromatic carbocycles. The zero-order valence-electron chi connectivity index (χ0n) is 7.60. The van der Waals surface area contributed by atoms with E-state index < -0.39 is 36.5 Å². The molecule has 0 spiro atoms. The van der Waals surface area contributed by atoms with Crippen molar-refractivity contribution in [3.63, 3.8) is 0 Å². The van der Waals surface area contributed by atoms with Crippen LogP contribution in [0.15, 0.2) is 0 Å². The van der Waals surface area contributed by atoms with Crippen molar-refractivity contribution in [3.05, 3.63) is 0 Å². The van der Waals surface area contributed by atoms with E-state index in [0.29, 0.717) is 0 Å². The minimum absolute atomic E-state index is 0. The topological polar surface area (TPSA) is 60.4 Å². The number of alkyl halides is 3. The first-order valence-electron chi connectivity index (χ1n) is 3.76. The molecule has 1 fully saturated rings. The molecule has 7 heteroatoms. The third-order valence-corrected chi connectivity index (χ3v) is 2.42. The van der Waals surface area contributed by atoms with E-state index in [-0.39, 0.29) is 25.3 Å². The fraction of sp³-hybridized carbons (Fsp3) is 0.857. The molecule has 14 heavy (non-hydrogen) atoms. The number of aliphatic carboxylic acids is 1. The van der Waals surface area contributed by atoms with Crippen molar-refractivity contribution in [1.29, 1.82) is 0 Å². The summed E-state index contributed by atoms with van der Waals surface area (Å²) in [6.07, 6.45) is -7.57. The number of aliphatic hydroxyl groups is 1. The van der Waals surface area contributed by atoms with Crippen molar-refractivity contribution < 1.29 is 47.0 Å². The van der Waals surface area contributed by atoms with Gasteiger partial charge in [-0.3, -0.25) is 0 Å². The molecule has 0 radical (unpaired) electrons. The van der Waals surface area contributed by atoms with E-state index in [2.05, 4.69) is 0 Å². The molecule has 0 saturated heterocycles. The molecule has 0 aromatic rings. The average molecular weight is 204 g/mol. The van der Waals surface area contributed by atoms with Crippen molar-refractivity contribution in [2.45, 2.75) is 31.5 Å². The van der Waals surface area contributed by atoms with Crippen LogP contribution >= 0.6 is 0 Å². The summed E-state index contributed by atoms with van der Waals surface area (Å²) in [5.41, 5.74) is -2.84. The van der Waals surface area contributed by atoms with Crippen molar-refractivity contribution in [3.8, 4) is 0 Å². The predicted octanol–water partition coefficient (Wildman–Crippen LogP) is -3.17. The molecule has 1 saturated carbocycles. The summed E-state index contributed by atoms with van der Waals surface area (Å²) in [6.45, 7) is 0. The zero-order chi connectivity index (χ0) is 10.3. The summed E-state index contributed by atoms with van der Waals surface area (Å²) in [4.78, 5) is 10.4. The van der Waals surface area contributed by atoms with E-state index in [4.69, 9.17) is 5.11 Å². The van der Waals surface area contributed by atoms with Gasteiger partial charge in [0.05, 0.1) is 12.1 Å². The summed E-state index contributed by atoms with van der Waals surface area (Å²) < 4.78 is 36.9. The summed E-state index contributed by atoms with van der Waals surface area (Å²) in [7, 11) is 0. The van der Waals surface area contributed by atoms with Gasteiger partial charge in [-0.05, 0) is 19.3 Å². The van der Waals surface area contributed by atoms with Crippen molar-refractivity contribution >= 4 is 5.97 Å². The van der Waals surface area contributed by atoms with E-state index >= 15 is 0 Å². The first kappa shape index (κ1) is 13.8. The fourth-order valence-corrected chi connectivity index (χ4v) is 1.58. The third kappa shape index (κ3) is 2.07. The van der Waals surface area contributed by atoms with Crippen molar-refractivity contribution in [2.24, 2.45) is 5.41 Å². The number of carbonyl (C=O) groups is 1. The average Bonchev–Trinajstić information content (AvgIpc) is 2.30. The van der Waals surface area contributed by atoms with Crippen LogP contribution in [0.5, 0.6) is 0 Å². The Kier molecular flexibility index (Phi) is 4.08. The zero-order valence-corrected chi connectivity index (χ0v) is 7.60. The molecule has 2 atom stereocenters. The van der Waals surface area contributed by atoms with Crippen LogP contribution in [0.4, 0.5) is 13.2 Å². The Morgan fingerprint density at radius 3 is 2.14 bits per heavy atom. The Bertz CT molecular complexity index is 231. The molecule has 3 nitrogen and oxygen atoms in total. The Morgan fingerprint density at radius 2 is 2.00 bits per heavy atom. The van der Waals surface area contributed by atoms with Gasteiger partial charge in [-0.25, -0.2) is 0 Å². The quantitative estimate of drug-likeness (QED) is 0.458. The summed E-state index contributed by atoms with van der Waals surface area (Å²) in [6, 6.07) is 0. The largest absolute Gasteiger partial charge is 1.00 e. The van der Waals surface area contributed by atoms with Crippen LogP contribution in [0.1, 0.15) is 19.3 Å². The van der Waals surface area contributed by atoms with Gasteiger partial charge in [-0.15, -0.1) is 0 Å². The second-order valence-electron chi connectivity index (χ2n) is 3.26. The number of rotatable bonds is 1. The maximum Gasteiger partial charge on any atom is 1.00 e. The number of hydrogen-bond donors (Lipinski definition) is 1. The molecule has 0 aromatic heterocycles. The fourth-order valence-electron chi connectivity index (χ4n) is 1.58. The number of carbonyl (C=O) groups excluding carboxylic acids is 1. The molecule has 2 unspecified atom stereocenters. The van der Waals surface area contributed by atoms with Crippen LogP contribution in [0.3, 0.4) is 0 Å². The summed E-state index contributed by atoms with van der Waals surface area (Å²) in [5.74, 6) is -2.14. The second kappa shape index (κ2) is 4.13. The predicted molar refractivity (Wildman–Crippen MR) is 33.4 cm³/mol. The number of aliphatic hydroxyl groups excluding tert-OH is 1. The smallest absolute Gasteiger partial charge is 0.549 e. The van der Waals surface area contributed by atoms with Gasteiger partial charge in [0.1, 0.15) is 5.41 Å². The van der Waals surface area contributed by atoms with Crippen LogP contribution in [0.25, 0.3) is 0 Å². The Labute approximate surface area is 90.5 Å². The van der Waals surface area contributed by atoms with E-state index in [9.17, 15) is 23.1 Å². The monoisotopic (exact) mass is 204 g/mol. The van der Waals surface area contributed by atoms with Crippen LogP contribution in [0, 0.1) is 5.41 Å². The standard InChI is InChI=1S/C7H9F3O3.Li/c8-7(9,10)6(5(12)13)2-1-4(11)3-6;/h4,11H,1-3H2,(H,12,13);/q;+1/p-1. The molecular weight excluding hydrogens is 196 g/mol. The number of carboxylic acids is 1. The summed E-state index contributed by atoms with van der Waals surface area (Å²) in [5, 5.41) is 19.3. The molecule has 1 rings (SSSR count). The minimum Gasteiger partial charge on any atom is -0.549 e. The molecule has 1 N–H and O–H groups in total. The van der Waals surface area contributed by atoms with Crippen LogP contribution < -0.4 is 24.0 Å². The second-order valence-corrected chi connectivity index (χ2v) is 3.26. The number of hydrogen-bond acceptors (Lipinski definition) is 3. The van der Waals surface area contributed by atoms with Gasteiger partial charge in [0.15, 0.2) is 0 Å². The molecule has 0 amide bonds. The van der Waals surface area contributed by atoms with Gasteiger partial charge in [0.2, 0.25) is 0 Å². The van der Waals surface area contributed by atoms with Crippen molar-refractivity contribution in [1.82, 2.24) is 0 Å². The third-order valence-electron chi connectivity index (χ3n) is 2.42. The maximum absolute atomic E-state index is 12.3. The molecule has 0 heterocycles. The SMILES string of the molecule is O=C([O-])C1(C(F)(F)F)CCC(O)C1.[Li+]. The normalized spacial score (nSPS) is 32.4. The van der Waals surface area contributed by atoms with Crippen molar-refractivity contribution in [2.75, 3.05) is 0 Å². The first-order chi connectivity index (χ1) is 5.79. The molecule has 1 aliphatic rings. The molecule has 1 aliphatic carbocycles.